The zero-order valence-corrected chi connectivity index (χ0v) is 12.4. The molecule has 1 saturated heterocycles. The van der Waals surface area contributed by atoms with E-state index < -0.39 is 11.7 Å². The predicted molar refractivity (Wildman–Crippen MR) is 79.3 cm³/mol. The number of carbonyl (C=O) groups is 1. The molecule has 8 nitrogen and oxygen atoms in total. The molecular formula is C15H17N3O5. The quantitative estimate of drug-likeness (QED) is 0.816. The number of aromatic nitrogens is 2. The Hall–Kier alpha value is -2.45. The molecule has 0 atom stereocenters. The number of hydroxylamine groups is 1. The van der Waals surface area contributed by atoms with Gasteiger partial charge in [0.2, 0.25) is 5.89 Å². The Bertz CT molecular complexity index is 703. The van der Waals surface area contributed by atoms with Gasteiger partial charge in [-0.2, -0.15) is 4.68 Å². The summed E-state index contributed by atoms with van der Waals surface area (Å²) in [5, 5.41) is 4.02. The molecule has 0 unspecified atom stereocenters. The van der Waals surface area contributed by atoms with Crippen LogP contribution in [0.15, 0.2) is 39.5 Å². The highest BCUT2D eigenvalue weighted by molar-refractivity contribution is 5.74. The van der Waals surface area contributed by atoms with Crippen molar-refractivity contribution in [2.75, 3.05) is 13.2 Å². The van der Waals surface area contributed by atoms with E-state index in [4.69, 9.17) is 14.0 Å². The minimum absolute atomic E-state index is 0.0680. The van der Waals surface area contributed by atoms with E-state index >= 15 is 0 Å². The molecule has 1 aromatic heterocycles. The molecule has 2 heterocycles. The number of hydrogen-bond acceptors (Lipinski definition) is 6. The topological polar surface area (TPSA) is 95.6 Å². The maximum absolute atomic E-state index is 11.8. The van der Waals surface area contributed by atoms with Crippen LogP contribution in [0.3, 0.4) is 0 Å². The minimum atomic E-state index is -0.690. The summed E-state index contributed by atoms with van der Waals surface area (Å²) in [5.41, 5.74) is 3.01. The molecule has 8 heteroatoms. The molecule has 23 heavy (non-hydrogen) atoms. The third kappa shape index (κ3) is 4.05. The fourth-order valence-corrected chi connectivity index (χ4v) is 2.21. The Morgan fingerprint density at radius 2 is 2.04 bits per heavy atom. The van der Waals surface area contributed by atoms with Gasteiger partial charge in [-0.05, 0) is 25.0 Å². The van der Waals surface area contributed by atoms with Gasteiger partial charge in [0.1, 0.15) is 6.54 Å². The Kier molecular flexibility index (Phi) is 4.84. The van der Waals surface area contributed by atoms with Gasteiger partial charge in [-0.25, -0.2) is 10.3 Å². The molecule has 3 rings (SSSR count). The molecule has 1 N–H and O–H groups in total. The first-order valence-corrected chi connectivity index (χ1v) is 7.38. The summed E-state index contributed by atoms with van der Waals surface area (Å²) in [6.07, 6.45) is 1.38. The summed E-state index contributed by atoms with van der Waals surface area (Å²) >= 11 is 0. The van der Waals surface area contributed by atoms with Crippen LogP contribution in [0.25, 0.3) is 11.5 Å². The first-order valence-electron chi connectivity index (χ1n) is 7.38. The summed E-state index contributed by atoms with van der Waals surface area (Å²) < 4.78 is 11.2. The van der Waals surface area contributed by atoms with Gasteiger partial charge in [-0.15, -0.1) is 5.10 Å². The summed E-state index contributed by atoms with van der Waals surface area (Å²) in [6, 6.07) is 9.00. The van der Waals surface area contributed by atoms with Gasteiger partial charge >= 0.3 is 5.76 Å². The Morgan fingerprint density at radius 3 is 2.78 bits per heavy atom. The van der Waals surface area contributed by atoms with Crippen LogP contribution in [0.2, 0.25) is 0 Å². The minimum Gasteiger partial charge on any atom is -0.388 e. The summed E-state index contributed by atoms with van der Waals surface area (Å²) in [6.45, 7) is 0.964. The molecule has 1 aliphatic heterocycles. The van der Waals surface area contributed by atoms with Crippen molar-refractivity contribution in [3.05, 3.63) is 40.9 Å². The van der Waals surface area contributed by atoms with E-state index in [2.05, 4.69) is 10.6 Å². The van der Waals surface area contributed by atoms with E-state index in [0.717, 1.165) is 17.5 Å². The average Bonchev–Trinajstić information content (AvgIpc) is 2.95. The van der Waals surface area contributed by atoms with E-state index in [1.165, 1.54) is 0 Å². The number of amides is 1. The molecule has 0 bridgehead atoms. The SMILES string of the molecule is O=C(Cn1nc(-c2ccccc2)oc1=O)NOC1CCOCC1. The molecule has 1 amide bonds. The second-order valence-electron chi connectivity index (χ2n) is 5.15. The van der Waals surface area contributed by atoms with Crippen LogP contribution in [0, 0.1) is 0 Å². The second kappa shape index (κ2) is 7.21. The van der Waals surface area contributed by atoms with Gasteiger partial charge in [-0.3, -0.25) is 9.63 Å². The van der Waals surface area contributed by atoms with Crippen LogP contribution >= 0.6 is 0 Å². The number of ether oxygens (including phenoxy) is 1. The lowest BCUT2D eigenvalue weighted by Gasteiger charge is -2.21. The number of nitrogens with zero attached hydrogens (tertiary/aromatic N) is 2. The van der Waals surface area contributed by atoms with Crippen molar-refractivity contribution in [1.82, 2.24) is 15.3 Å². The molecule has 2 aromatic rings. The highest BCUT2D eigenvalue weighted by atomic mass is 16.7. The summed E-state index contributed by atoms with van der Waals surface area (Å²) in [7, 11) is 0. The second-order valence-corrected chi connectivity index (χ2v) is 5.15. The smallest absolute Gasteiger partial charge is 0.388 e. The number of hydrogen-bond donors (Lipinski definition) is 1. The summed E-state index contributed by atoms with van der Waals surface area (Å²) in [5.74, 6) is -0.981. The highest BCUT2D eigenvalue weighted by Gasteiger charge is 2.17. The Labute approximate surface area is 132 Å². The summed E-state index contributed by atoms with van der Waals surface area (Å²) in [4.78, 5) is 28.9. The third-order valence-corrected chi connectivity index (χ3v) is 3.43. The van der Waals surface area contributed by atoms with Crippen molar-refractivity contribution in [2.24, 2.45) is 0 Å². The zero-order chi connectivity index (χ0) is 16.1. The van der Waals surface area contributed by atoms with Crippen LogP contribution in [-0.2, 0) is 20.9 Å². The fourth-order valence-electron chi connectivity index (χ4n) is 2.21. The molecule has 0 saturated carbocycles. The maximum Gasteiger partial charge on any atom is 0.437 e. The van der Waals surface area contributed by atoms with Crippen molar-refractivity contribution in [3.63, 3.8) is 0 Å². The Balaban J connectivity index is 1.58. The lowest BCUT2D eigenvalue weighted by Crippen LogP contribution is -2.36. The lowest BCUT2D eigenvalue weighted by molar-refractivity contribution is -0.144. The molecule has 0 radical (unpaired) electrons. The van der Waals surface area contributed by atoms with E-state index in [1.54, 1.807) is 12.1 Å². The van der Waals surface area contributed by atoms with Crippen molar-refractivity contribution < 1.29 is 18.8 Å². The molecule has 1 aliphatic rings. The van der Waals surface area contributed by atoms with Gasteiger partial charge in [0, 0.05) is 18.8 Å². The third-order valence-electron chi connectivity index (χ3n) is 3.43. The van der Waals surface area contributed by atoms with Crippen LogP contribution in [-0.4, -0.2) is 35.0 Å². The predicted octanol–water partition coefficient (Wildman–Crippen LogP) is 0.730. The zero-order valence-electron chi connectivity index (χ0n) is 12.4. The van der Waals surface area contributed by atoms with Crippen molar-refractivity contribution >= 4 is 5.91 Å². The highest BCUT2D eigenvalue weighted by Crippen LogP contribution is 2.13. The van der Waals surface area contributed by atoms with Gasteiger partial charge in [0.05, 0.1) is 6.10 Å². The van der Waals surface area contributed by atoms with E-state index in [0.29, 0.717) is 18.8 Å². The van der Waals surface area contributed by atoms with Crippen molar-refractivity contribution in [1.29, 1.82) is 0 Å². The molecule has 1 aromatic carbocycles. The number of benzene rings is 1. The molecule has 1 fully saturated rings. The van der Waals surface area contributed by atoms with Gasteiger partial charge in [0.25, 0.3) is 5.91 Å². The lowest BCUT2D eigenvalue weighted by atomic mass is 10.2. The standard InChI is InChI=1S/C15H17N3O5/c19-13(17-23-12-6-8-21-9-7-12)10-18-15(20)22-14(16-18)11-4-2-1-3-5-11/h1-5,12H,6-10H2,(H,17,19). The largest absolute Gasteiger partial charge is 0.437 e. The normalized spacial score (nSPS) is 15.5. The van der Waals surface area contributed by atoms with E-state index in [1.807, 2.05) is 18.2 Å². The van der Waals surface area contributed by atoms with Crippen molar-refractivity contribution in [3.8, 4) is 11.5 Å². The first kappa shape index (κ1) is 15.4. The van der Waals surface area contributed by atoms with Crippen LogP contribution in [0.5, 0.6) is 0 Å². The van der Waals surface area contributed by atoms with E-state index in [-0.39, 0.29) is 18.5 Å². The molecule has 122 valence electrons. The number of nitrogens with one attached hydrogen (secondary N) is 1. The maximum atomic E-state index is 11.8. The molecule has 0 aliphatic carbocycles. The van der Waals surface area contributed by atoms with Gasteiger partial charge in [-0.1, -0.05) is 18.2 Å². The molecular weight excluding hydrogens is 302 g/mol. The van der Waals surface area contributed by atoms with Crippen molar-refractivity contribution in [2.45, 2.75) is 25.5 Å². The van der Waals surface area contributed by atoms with Crippen LogP contribution < -0.4 is 11.2 Å². The van der Waals surface area contributed by atoms with E-state index in [9.17, 15) is 9.59 Å². The fraction of sp³-hybridized carbons (Fsp3) is 0.400. The average molecular weight is 319 g/mol. The van der Waals surface area contributed by atoms with Crippen LogP contribution in [0.1, 0.15) is 12.8 Å². The van der Waals surface area contributed by atoms with Gasteiger partial charge < -0.3 is 9.15 Å². The first-order chi connectivity index (χ1) is 11.2. The number of carbonyl (C=O) groups excluding carboxylic acids is 1. The van der Waals surface area contributed by atoms with Crippen LogP contribution in [0.4, 0.5) is 0 Å². The van der Waals surface area contributed by atoms with Gasteiger partial charge in [0.15, 0.2) is 0 Å². The Morgan fingerprint density at radius 1 is 1.30 bits per heavy atom. The number of rotatable bonds is 5. The molecule has 0 spiro atoms. The monoisotopic (exact) mass is 319 g/mol.